The maximum Gasteiger partial charge on any atom is 0.311 e. The molecule has 1 aromatic heterocycles. The summed E-state index contributed by atoms with van der Waals surface area (Å²) in [6.45, 7) is 3.77. The second-order valence-electron chi connectivity index (χ2n) is 11.3. The van der Waals surface area contributed by atoms with Crippen molar-refractivity contribution in [2.24, 2.45) is 5.41 Å². The average molecular weight is 649 g/mol. The predicted molar refractivity (Wildman–Crippen MR) is 163 cm³/mol. The summed E-state index contributed by atoms with van der Waals surface area (Å²) in [7, 11) is 0.280. The Bertz CT molecular complexity index is 1560. The highest BCUT2D eigenvalue weighted by atomic mass is 79.9. The van der Waals surface area contributed by atoms with Crippen molar-refractivity contribution in [1.29, 1.82) is 0 Å². The van der Waals surface area contributed by atoms with Gasteiger partial charge >= 0.3 is 16.2 Å². The number of rotatable bonds is 10. The molecule has 11 heteroatoms. The molecular formula is C30H38BrN3O6S. The fraction of sp³-hybridized carbons (Fsp3) is 0.467. The van der Waals surface area contributed by atoms with E-state index in [1.165, 1.54) is 20.5 Å². The monoisotopic (exact) mass is 647 g/mol. The highest BCUT2D eigenvalue weighted by Crippen LogP contribution is 2.44. The van der Waals surface area contributed by atoms with Gasteiger partial charge in [0.1, 0.15) is 5.75 Å². The van der Waals surface area contributed by atoms with Crippen molar-refractivity contribution in [3.63, 3.8) is 0 Å². The largest absolute Gasteiger partial charge is 0.497 e. The summed E-state index contributed by atoms with van der Waals surface area (Å²) in [4.78, 5) is 25.9. The number of carbonyl (C=O) groups is 2. The molecule has 0 unspecified atom stereocenters. The fourth-order valence-corrected chi connectivity index (χ4v) is 6.79. The third kappa shape index (κ3) is 6.32. The molecule has 2 aromatic carbocycles. The number of carbonyl (C=O) groups excluding carboxylic acids is 1. The minimum Gasteiger partial charge on any atom is -0.497 e. The number of fused-ring (bicyclic) bond motifs is 1. The SMILES string of the molecule is COc1ccc(Br)c([C@H](C)[C@](C)(Cn2cc(C3CCCCC3)c3ccc(C(=O)NS(=O)(=O)N(C)C)cc32)C(=O)O)c1. The van der Waals surface area contributed by atoms with Crippen LogP contribution < -0.4 is 9.46 Å². The zero-order valence-electron chi connectivity index (χ0n) is 24.1. The average Bonchev–Trinajstić information content (AvgIpc) is 3.30. The third-order valence-electron chi connectivity index (χ3n) is 8.54. The van der Waals surface area contributed by atoms with Crippen LogP contribution in [-0.4, -0.2) is 55.5 Å². The summed E-state index contributed by atoms with van der Waals surface area (Å²) < 4.78 is 35.8. The Labute approximate surface area is 250 Å². The Morgan fingerprint density at radius 3 is 2.46 bits per heavy atom. The Kier molecular flexibility index (Phi) is 9.20. The molecule has 1 aliphatic carbocycles. The third-order valence-corrected chi connectivity index (χ3v) is 10.7. The van der Waals surface area contributed by atoms with Gasteiger partial charge in [-0.05, 0) is 73.1 Å². The minimum atomic E-state index is -3.98. The summed E-state index contributed by atoms with van der Waals surface area (Å²) in [5, 5.41) is 11.5. The van der Waals surface area contributed by atoms with E-state index >= 15 is 0 Å². The Morgan fingerprint density at radius 2 is 1.85 bits per heavy atom. The van der Waals surface area contributed by atoms with Crippen molar-refractivity contribution in [3.05, 3.63) is 63.8 Å². The molecule has 1 amide bonds. The van der Waals surface area contributed by atoms with Crippen LogP contribution in [0.1, 0.15) is 79.3 Å². The molecule has 9 nitrogen and oxygen atoms in total. The van der Waals surface area contributed by atoms with Gasteiger partial charge in [-0.25, -0.2) is 4.72 Å². The Morgan fingerprint density at radius 1 is 1.17 bits per heavy atom. The molecule has 1 fully saturated rings. The zero-order chi connectivity index (χ0) is 30.1. The summed E-state index contributed by atoms with van der Waals surface area (Å²) in [6, 6.07) is 10.7. The van der Waals surface area contributed by atoms with E-state index in [0.29, 0.717) is 17.2 Å². The van der Waals surface area contributed by atoms with Crippen LogP contribution in [0.4, 0.5) is 0 Å². The first kappa shape index (κ1) is 31.1. The molecular weight excluding hydrogens is 610 g/mol. The van der Waals surface area contributed by atoms with Gasteiger partial charge in [-0.2, -0.15) is 12.7 Å². The first-order valence-electron chi connectivity index (χ1n) is 13.7. The van der Waals surface area contributed by atoms with Gasteiger partial charge < -0.3 is 14.4 Å². The first-order valence-corrected chi connectivity index (χ1v) is 16.0. The van der Waals surface area contributed by atoms with E-state index < -0.39 is 33.4 Å². The second kappa shape index (κ2) is 12.1. The predicted octanol–water partition coefficient (Wildman–Crippen LogP) is 5.89. The second-order valence-corrected chi connectivity index (χ2v) is 14.1. The molecule has 41 heavy (non-hydrogen) atoms. The number of nitrogens with one attached hydrogen (secondary N) is 1. The highest BCUT2D eigenvalue weighted by Gasteiger charge is 2.42. The number of methoxy groups -OCH3 is 1. The number of hydrogen-bond acceptors (Lipinski definition) is 5. The lowest BCUT2D eigenvalue weighted by Gasteiger charge is -2.33. The van der Waals surface area contributed by atoms with Crippen LogP contribution >= 0.6 is 15.9 Å². The molecule has 222 valence electrons. The van der Waals surface area contributed by atoms with Crippen LogP contribution in [0.3, 0.4) is 0 Å². The van der Waals surface area contributed by atoms with Crippen molar-refractivity contribution in [2.45, 2.75) is 64.3 Å². The normalized spacial score (nSPS) is 16.9. The smallest absolute Gasteiger partial charge is 0.311 e. The lowest BCUT2D eigenvalue weighted by molar-refractivity contribution is -0.150. The van der Waals surface area contributed by atoms with Gasteiger partial charge in [-0.1, -0.05) is 48.2 Å². The van der Waals surface area contributed by atoms with Crippen LogP contribution in [0.2, 0.25) is 0 Å². The number of ether oxygens (including phenoxy) is 1. The van der Waals surface area contributed by atoms with Crippen LogP contribution in [0, 0.1) is 5.41 Å². The standard InChI is InChI=1S/C30H38BrN3O6S/c1-19(24-16-22(40-5)12-14-26(24)31)30(2,29(36)37)18-34-17-25(20-9-7-6-8-10-20)23-13-11-21(15-27(23)34)28(35)32-41(38,39)33(3)4/h11-17,19-20H,6-10,18H2,1-5H3,(H,32,35)(H,36,37)/t19-,30-/m0/s1. The van der Waals surface area contributed by atoms with Crippen molar-refractivity contribution in [1.82, 2.24) is 13.6 Å². The number of aliphatic carboxylic acids is 1. The van der Waals surface area contributed by atoms with Gasteiger partial charge in [0.2, 0.25) is 0 Å². The van der Waals surface area contributed by atoms with E-state index in [1.807, 2.05) is 42.0 Å². The molecule has 0 aliphatic heterocycles. The van der Waals surface area contributed by atoms with Crippen molar-refractivity contribution >= 4 is 48.9 Å². The number of amides is 1. The van der Waals surface area contributed by atoms with Gasteiger partial charge in [0.05, 0.1) is 12.5 Å². The number of hydrogen-bond donors (Lipinski definition) is 2. The molecule has 0 spiro atoms. The van der Waals surface area contributed by atoms with Crippen molar-refractivity contribution in [3.8, 4) is 5.75 Å². The minimum absolute atomic E-state index is 0.136. The number of benzene rings is 2. The van der Waals surface area contributed by atoms with E-state index in [1.54, 1.807) is 26.2 Å². The molecule has 4 rings (SSSR count). The molecule has 2 atom stereocenters. The highest BCUT2D eigenvalue weighted by molar-refractivity contribution is 9.10. The molecule has 1 heterocycles. The maximum atomic E-state index is 13.0. The van der Waals surface area contributed by atoms with Gasteiger partial charge in [0.15, 0.2) is 0 Å². The first-order chi connectivity index (χ1) is 19.3. The van der Waals surface area contributed by atoms with E-state index in [9.17, 15) is 23.1 Å². The van der Waals surface area contributed by atoms with E-state index in [4.69, 9.17) is 4.74 Å². The Balaban J connectivity index is 1.82. The summed E-state index contributed by atoms with van der Waals surface area (Å²) in [5.41, 5.74) is 1.59. The zero-order valence-corrected chi connectivity index (χ0v) is 26.5. The molecule has 1 aliphatic rings. The van der Waals surface area contributed by atoms with E-state index in [0.717, 1.165) is 51.0 Å². The number of halogens is 1. The molecule has 0 radical (unpaired) electrons. The summed E-state index contributed by atoms with van der Waals surface area (Å²) in [6.07, 6.45) is 7.59. The number of aromatic nitrogens is 1. The van der Waals surface area contributed by atoms with Crippen LogP contribution in [0.25, 0.3) is 10.9 Å². The fourth-order valence-electron chi connectivity index (χ4n) is 5.67. The van der Waals surface area contributed by atoms with Gasteiger partial charge in [-0.3, -0.25) is 9.59 Å². The van der Waals surface area contributed by atoms with Crippen molar-refractivity contribution < 1.29 is 27.9 Å². The lowest BCUT2D eigenvalue weighted by Crippen LogP contribution is -2.39. The Hall–Kier alpha value is -2.89. The molecule has 2 N–H and O–H groups in total. The molecule has 1 saturated carbocycles. The lowest BCUT2D eigenvalue weighted by atomic mass is 9.74. The van der Waals surface area contributed by atoms with Crippen LogP contribution in [-0.2, 0) is 21.5 Å². The molecule has 0 saturated heterocycles. The van der Waals surface area contributed by atoms with Gasteiger partial charge in [-0.15, -0.1) is 0 Å². The number of carboxylic acid groups (broad SMARTS) is 1. The van der Waals surface area contributed by atoms with Gasteiger partial charge in [0, 0.05) is 47.8 Å². The summed E-state index contributed by atoms with van der Waals surface area (Å²) >= 11 is 3.59. The topological polar surface area (TPSA) is 118 Å². The van der Waals surface area contributed by atoms with E-state index in [-0.39, 0.29) is 12.1 Å². The molecule has 0 bridgehead atoms. The maximum absolute atomic E-state index is 13.0. The summed E-state index contributed by atoms with van der Waals surface area (Å²) in [5.74, 6) is -1.15. The van der Waals surface area contributed by atoms with Crippen LogP contribution in [0.15, 0.2) is 47.1 Å². The quantitative estimate of drug-likeness (QED) is 0.283. The number of nitrogens with zero attached hydrogens (tertiary/aromatic N) is 2. The number of carboxylic acids is 1. The van der Waals surface area contributed by atoms with Gasteiger partial charge in [0.25, 0.3) is 5.91 Å². The van der Waals surface area contributed by atoms with Crippen molar-refractivity contribution in [2.75, 3.05) is 21.2 Å². The molecule has 3 aromatic rings. The van der Waals surface area contributed by atoms with Crippen LogP contribution in [0.5, 0.6) is 5.75 Å². The van der Waals surface area contributed by atoms with E-state index in [2.05, 4.69) is 20.7 Å².